The molecule has 1 heterocycles. The highest BCUT2D eigenvalue weighted by Gasteiger charge is 2.36. The van der Waals surface area contributed by atoms with Crippen LogP contribution >= 0.6 is 0 Å². The maximum absolute atomic E-state index is 12.0. The zero-order valence-electron chi connectivity index (χ0n) is 10.6. The summed E-state index contributed by atoms with van der Waals surface area (Å²) in [7, 11) is 1.88. The van der Waals surface area contributed by atoms with Gasteiger partial charge in [0.25, 0.3) is 0 Å². The predicted molar refractivity (Wildman–Crippen MR) is 65.2 cm³/mol. The van der Waals surface area contributed by atoms with E-state index in [1.165, 1.54) is 32.1 Å². The van der Waals surface area contributed by atoms with Gasteiger partial charge in [-0.25, -0.2) is 0 Å². The van der Waals surface area contributed by atoms with Crippen LogP contribution < -0.4 is 5.32 Å². The average molecular weight is 224 g/mol. The Kier molecular flexibility index (Phi) is 3.53. The van der Waals surface area contributed by atoms with Gasteiger partial charge in [0.05, 0.1) is 6.04 Å². The van der Waals surface area contributed by atoms with E-state index in [0.29, 0.717) is 11.3 Å². The van der Waals surface area contributed by atoms with Crippen molar-refractivity contribution in [3.8, 4) is 0 Å². The topological polar surface area (TPSA) is 32.3 Å². The van der Waals surface area contributed by atoms with E-state index in [1.807, 2.05) is 7.05 Å². The van der Waals surface area contributed by atoms with Crippen molar-refractivity contribution in [3.05, 3.63) is 0 Å². The number of carbonyl (C=O) groups excluding carboxylic acids is 1. The van der Waals surface area contributed by atoms with Crippen LogP contribution in [0.2, 0.25) is 0 Å². The lowest BCUT2D eigenvalue weighted by Crippen LogP contribution is -2.42. The second kappa shape index (κ2) is 4.74. The third-order valence-corrected chi connectivity index (χ3v) is 4.28. The smallest absolute Gasteiger partial charge is 0.239 e. The molecule has 2 fully saturated rings. The van der Waals surface area contributed by atoms with Crippen LogP contribution in [0.3, 0.4) is 0 Å². The van der Waals surface area contributed by atoms with Gasteiger partial charge >= 0.3 is 0 Å². The van der Waals surface area contributed by atoms with Crippen molar-refractivity contribution >= 4 is 5.91 Å². The summed E-state index contributed by atoms with van der Waals surface area (Å²) in [6.45, 7) is 4.27. The lowest BCUT2D eigenvalue weighted by Gasteiger charge is -2.37. The van der Waals surface area contributed by atoms with Gasteiger partial charge in [0.15, 0.2) is 0 Å². The summed E-state index contributed by atoms with van der Waals surface area (Å²) in [6, 6.07) is 0.0761. The quantitative estimate of drug-likeness (QED) is 0.792. The number of amides is 1. The van der Waals surface area contributed by atoms with Gasteiger partial charge in [-0.3, -0.25) is 4.79 Å². The van der Waals surface area contributed by atoms with Crippen LogP contribution in [0.25, 0.3) is 0 Å². The maximum atomic E-state index is 12.0. The van der Waals surface area contributed by atoms with Crippen LogP contribution in [0.4, 0.5) is 0 Å². The molecular weight excluding hydrogens is 200 g/mol. The molecular formula is C13H24N2O. The second-order valence-electron chi connectivity index (χ2n) is 5.76. The molecule has 1 unspecified atom stereocenters. The van der Waals surface area contributed by atoms with Gasteiger partial charge in [0.2, 0.25) is 5.91 Å². The normalized spacial score (nSPS) is 29.8. The fourth-order valence-electron chi connectivity index (χ4n) is 3.19. The summed E-state index contributed by atoms with van der Waals surface area (Å²) in [5.74, 6) is 0.314. The number of nitrogens with zero attached hydrogens (tertiary/aromatic N) is 1. The first-order valence-electron chi connectivity index (χ1n) is 6.61. The van der Waals surface area contributed by atoms with Crippen LogP contribution in [0.5, 0.6) is 0 Å². The van der Waals surface area contributed by atoms with Gasteiger partial charge in [0, 0.05) is 13.1 Å². The summed E-state index contributed by atoms with van der Waals surface area (Å²) in [5.41, 5.74) is 0.385. The highest BCUT2D eigenvalue weighted by Crippen LogP contribution is 2.37. The average Bonchev–Trinajstić information content (AvgIpc) is 2.60. The maximum Gasteiger partial charge on any atom is 0.239 e. The van der Waals surface area contributed by atoms with Gasteiger partial charge in [-0.1, -0.05) is 26.2 Å². The van der Waals surface area contributed by atoms with E-state index >= 15 is 0 Å². The van der Waals surface area contributed by atoms with Crippen LogP contribution in [0.15, 0.2) is 0 Å². The molecule has 0 bridgehead atoms. The fourth-order valence-corrected chi connectivity index (χ4v) is 3.19. The molecule has 1 aliphatic carbocycles. The molecule has 1 aliphatic heterocycles. The largest absolute Gasteiger partial charge is 0.341 e. The highest BCUT2D eigenvalue weighted by atomic mass is 16.2. The summed E-state index contributed by atoms with van der Waals surface area (Å²) < 4.78 is 0. The van der Waals surface area contributed by atoms with E-state index < -0.39 is 0 Å². The summed E-state index contributed by atoms with van der Waals surface area (Å²) in [4.78, 5) is 14.1. The van der Waals surface area contributed by atoms with Gasteiger partial charge in [-0.05, 0) is 31.7 Å². The Morgan fingerprint density at radius 1 is 1.38 bits per heavy atom. The number of hydrogen-bond donors (Lipinski definition) is 1. The highest BCUT2D eigenvalue weighted by molar-refractivity contribution is 5.83. The molecule has 0 spiro atoms. The number of nitrogens with one attached hydrogen (secondary N) is 1. The van der Waals surface area contributed by atoms with Gasteiger partial charge in [-0.2, -0.15) is 0 Å². The lowest BCUT2D eigenvalue weighted by atomic mass is 9.75. The molecule has 1 N–H and O–H groups in total. The molecule has 3 heteroatoms. The van der Waals surface area contributed by atoms with Gasteiger partial charge in [-0.15, -0.1) is 0 Å². The number of likely N-dealkylation sites (N-methyl/N-ethyl adjacent to an activating group) is 1. The minimum Gasteiger partial charge on any atom is -0.341 e. The minimum atomic E-state index is 0.0761. The monoisotopic (exact) mass is 224 g/mol. The third-order valence-electron chi connectivity index (χ3n) is 4.28. The van der Waals surface area contributed by atoms with Crippen LogP contribution in [-0.4, -0.2) is 37.0 Å². The predicted octanol–water partition coefficient (Wildman–Crippen LogP) is 1.78. The molecule has 1 saturated carbocycles. The first kappa shape index (κ1) is 11.9. The van der Waals surface area contributed by atoms with Gasteiger partial charge < -0.3 is 10.2 Å². The molecule has 0 aromatic heterocycles. The van der Waals surface area contributed by atoms with Crippen LogP contribution in [0, 0.1) is 5.41 Å². The molecule has 0 radical (unpaired) electrons. The zero-order chi connectivity index (χ0) is 11.6. The van der Waals surface area contributed by atoms with Crippen molar-refractivity contribution in [2.24, 2.45) is 5.41 Å². The van der Waals surface area contributed by atoms with E-state index in [0.717, 1.165) is 19.5 Å². The summed E-state index contributed by atoms with van der Waals surface area (Å²) in [5, 5.41) is 3.10. The van der Waals surface area contributed by atoms with Crippen molar-refractivity contribution in [1.29, 1.82) is 0 Å². The van der Waals surface area contributed by atoms with Crippen molar-refractivity contribution in [2.75, 3.05) is 20.1 Å². The van der Waals surface area contributed by atoms with Crippen molar-refractivity contribution in [1.82, 2.24) is 10.2 Å². The molecule has 0 aromatic rings. The fraction of sp³-hybridized carbons (Fsp3) is 0.923. The van der Waals surface area contributed by atoms with Crippen LogP contribution in [-0.2, 0) is 4.79 Å². The van der Waals surface area contributed by atoms with Crippen molar-refractivity contribution in [3.63, 3.8) is 0 Å². The summed E-state index contributed by atoms with van der Waals surface area (Å²) in [6.07, 6.45) is 7.62. The zero-order valence-corrected chi connectivity index (χ0v) is 10.6. The lowest BCUT2D eigenvalue weighted by molar-refractivity contribution is -0.130. The first-order valence-corrected chi connectivity index (χ1v) is 6.61. The molecule has 92 valence electrons. The first-order chi connectivity index (χ1) is 7.64. The molecule has 2 aliphatic rings. The van der Waals surface area contributed by atoms with Crippen molar-refractivity contribution in [2.45, 2.75) is 51.5 Å². The molecule has 2 rings (SSSR count). The van der Waals surface area contributed by atoms with Crippen molar-refractivity contribution < 1.29 is 4.79 Å². The second-order valence-corrected chi connectivity index (χ2v) is 5.76. The number of rotatable bonds is 3. The Balaban J connectivity index is 1.92. The molecule has 1 amide bonds. The molecule has 1 saturated heterocycles. The Morgan fingerprint density at radius 3 is 2.62 bits per heavy atom. The van der Waals surface area contributed by atoms with Gasteiger partial charge in [0.1, 0.15) is 0 Å². The van der Waals surface area contributed by atoms with E-state index in [1.54, 1.807) is 0 Å². The van der Waals surface area contributed by atoms with E-state index in [-0.39, 0.29) is 6.04 Å². The molecule has 1 atom stereocenters. The Bertz CT molecular complexity index is 259. The Hall–Kier alpha value is -0.570. The molecule has 16 heavy (non-hydrogen) atoms. The number of hydrogen-bond acceptors (Lipinski definition) is 2. The number of carbonyl (C=O) groups is 1. The molecule has 0 aromatic carbocycles. The van der Waals surface area contributed by atoms with E-state index in [9.17, 15) is 4.79 Å². The minimum absolute atomic E-state index is 0.0761. The third kappa shape index (κ3) is 2.40. The SMILES string of the molecule is CNC1CCN(CC2(C)CCCCC2)C1=O. The van der Waals surface area contributed by atoms with E-state index in [4.69, 9.17) is 0 Å². The van der Waals surface area contributed by atoms with Crippen LogP contribution in [0.1, 0.15) is 45.4 Å². The Labute approximate surface area is 98.6 Å². The standard InChI is InChI=1S/C13H24N2O/c1-13(7-4-3-5-8-13)10-15-9-6-11(14-2)12(15)16/h11,14H,3-10H2,1-2H3. The Morgan fingerprint density at radius 2 is 2.06 bits per heavy atom. The molecule has 3 nitrogen and oxygen atoms in total. The number of likely N-dealkylation sites (tertiary alicyclic amines) is 1. The summed E-state index contributed by atoms with van der Waals surface area (Å²) >= 11 is 0. The van der Waals surface area contributed by atoms with E-state index in [2.05, 4.69) is 17.1 Å².